The number of nitrogens with zero attached hydrogens (tertiary/aromatic N) is 2. The lowest BCUT2D eigenvalue weighted by atomic mass is 10.0. The van der Waals surface area contributed by atoms with E-state index in [0.29, 0.717) is 17.2 Å². The number of aryl methyl sites for hydroxylation is 1. The lowest BCUT2D eigenvalue weighted by Gasteiger charge is -2.08. The van der Waals surface area contributed by atoms with Crippen LogP contribution in [0.4, 0.5) is 4.39 Å². The minimum Gasteiger partial charge on any atom is -0.387 e. The van der Waals surface area contributed by atoms with Crippen LogP contribution in [0.2, 0.25) is 0 Å². The second kappa shape index (κ2) is 9.99. The van der Waals surface area contributed by atoms with Crippen molar-refractivity contribution in [2.24, 2.45) is 5.73 Å². The van der Waals surface area contributed by atoms with E-state index in [4.69, 9.17) is 11.1 Å². The van der Waals surface area contributed by atoms with Crippen molar-refractivity contribution in [3.8, 4) is 11.4 Å². The molecule has 1 aliphatic carbocycles. The van der Waals surface area contributed by atoms with Gasteiger partial charge in [-0.05, 0) is 43.4 Å². The molecule has 2 aromatic rings. The van der Waals surface area contributed by atoms with Gasteiger partial charge in [-0.25, -0.2) is 9.37 Å². The second-order valence-corrected chi connectivity index (χ2v) is 8.40. The van der Waals surface area contributed by atoms with E-state index in [2.05, 4.69) is 22.1 Å². The number of nitrogens with two attached hydrogens (primary N) is 1. The van der Waals surface area contributed by atoms with Crippen LogP contribution in [0.15, 0.2) is 18.2 Å². The van der Waals surface area contributed by atoms with E-state index >= 15 is 0 Å². The van der Waals surface area contributed by atoms with Crippen LogP contribution in [0, 0.1) is 11.2 Å². The molecule has 0 spiro atoms. The maximum Gasteiger partial charge on any atom is 0.184 e. The van der Waals surface area contributed by atoms with Crippen LogP contribution in [0.25, 0.3) is 11.4 Å². The normalized spacial score (nSPS) is 14.8. The van der Waals surface area contributed by atoms with Gasteiger partial charge in [-0.3, -0.25) is 10.5 Å². The highest BCUT2D eigenvalue weighted by Gasteiger charge is 2.50. The fourth-order valence-corrected chi connectivity index (χ4v) is 3.89. The molecule has 158 valence electrons. The zero-order valence-electron chi connectivity index (χ0n) is 17.6. The van der Waals surface area contributed by atoms with Gasteiger partial charge in [0.05, 0.1) is 11.0 Å². The summed E-state index contributed by atoms with van der Waals surface area (Å²) in [7, 11) is 0. The van der Waals surface area contributed by atoms with E-state index in [9.17, 15) is 4.39 Å². The lowest BCUT2D eigenvalue weighted by Crippen LogP contribution is -2.28. The fourth-order valence-electron chi connectivity index (χ4n) is 3.89. The lowest BCUT2D eigenvalue weighted by molar-refractivity contribution is 0.564. The quantitative estimate of drug-likeness (QED) is 0.231. The van der Waals surface area contributed by atoms with E-state index in [-0.39, 0.29) is 11.7 Å². The average molecular weight is 400 g/mol. The van der Waals surface area contributed by atoms with Crippen molar-refractivity contribution in [1.29, 1.82) is 5.41 Å². The van der Waals surface area contributed by atoms with E-state index < -0.39 is 5.41 Å². The van der Waals surface area contributed by atoms with Crippen LogP contribution >= 0.6 is 0 Å². The van der Waals surface area contributed by atoms with E-state index in [1.54, 1.807) is 0 Å². The Bertz CT molecular complexity index is 809. The number of unbranched alkanes of at least 4 members (excludes halogenated alkanes) is 8. The van der Waals surface area contributed by atoms with Crippen molar-refractivity contribution < 1.29 is 4.39 Å². The summed E-state index contributed by atoms with van der Waals surface area (Å²) in [5, 5.41) is 14.8. The van der Waals surface area contributed by atoms with E-state index in [0.717, 1.165) is 31.2 Å². The summed E-state index contributed by atoms with van der Waals surface area (Å²) in [6, 6.07) is 5.22. The Hall–Kier alpha value is -2.24. The molecule has 6 heteroatoms. The van der Waals surface area contributed by atoms with Gasteiger partial charge in [-0.2, -0.15) is 5.10 Å². The molecule has 0 radical (unpaired) electrons. The molecule has 29 heavy (non-hydrogen) atoms. The third-order valence-corrected chi connectivity index (χ3v) is 6.04. The number of benzene rings is 1. The van der Waals surface area contributed by atoms with Crippen LogP contribution in [0.3, 0.4) is 0 Å². The molecule has 0 aliphatic heterocycles. The zero-order chi connectivity index (χ0) is 20.7. The molecule has 0 saturated heterocycles. The smallest absolute Gasteiger partial charge is 0.184 e. The van der Waals surface area contributed by atoms with Gasteiger partial charge in [-0.1, -0.05) is 64.4 Å². The van der Waals surface area contributed by atoms with Gasteiger partial charge in [0, 0.05) is 0 Å². The van der Waals surface area contributed by atoms with Gasteiger partial charge >= 0.3 is 0 Å². The SMILES string of the molecule is CCCCCCCCCCCc1ccc(F)c(-c2n[nH]c(C3(C(=N)N)CC3)n2)c1. The minimum absolute atomic E-state index is 0.0970. The van der Waals surface area contributed by atoms with Gasteiger partial charge in [0.15, 0.2) is 5.82 Å². The van der Waals surface area contributed by atoms with Crippen LogP contribution in [0.1, 0.15) is 88.9 Å². The molecule has 4 N–H and O–H groups in total. The topological polar surface area (TPSA) is 91.4 Å². The first-order valence-electron chi connectivity index (χ1n) is 11.1. The van der Waals surface area contributed by atoms with Crippen molar-refractivity contribution in [2.45, 2.75) is 89.4 Å². The highest BCUT2D eigenvalue weighted by Crippen LogP contribution is 2.46. The van der Waals surface area contributed by atoms with Gasteiger partial charge < -0.3 is 5.73 Å². The van der Waals surface area contributed by atoms with Crippen molar-refractivity contribution in [1.82, 2.24) is 15.2 Å². The summed E-state index contributed by atoms with van der Waals surface area (Å²) in [5.74, 6) is 0.696. The largest absolute Gasteiger partial charge is 0.387 e. The number of aromatic nitrogens is 3. The number of H-pyrrole nitrogens is 1. The summed E-state index contributed by atoms with van der Waals surface area (Å²) in [4.78, 5) is 4.46. The molecule has 1 aliphatic rings. The van der Waals surface area contributed by atoms with Gasteiger partial charge in [0.25, 0.3) is 0 Å². The molecule has 1 fully saturated rings. The monoisotopic (exact) mass is 399 g/mol. The summed E-state index contributed by atoms with van der Waals surface area (Å²) in [6.07, 6.45) is 14.2. The van der Waals surface area contributed by atoms with Crippen LogP contribution < -0.4 is 5.73 Å². The molecule has 1 saturated carbocycles. The Morgan fingerprint density at radius 3 is 2.38 bits per heavy atom. The van der Waals surface area contributed by atoms with Crippen molar-refractivity contribution >= 4 is 5.84 Å². The van der Waals surface area contributed by atoms with Crippen molar-refractivity contribution in [3.05, 3.63) is 35.4 Å². The van der Waals surface area contributed by atoms with Crippen LogP contribution in [0.5, 0.6) is 0 Å². The second-order valence-electron chi connectivity index (χ2n) is 8.40. The number of nitrogens with one attached hydrogen (secondary N) is 2. The maximum atomic E-state index is 14.4. The summed E-state index contributed by atoms with van der Waals surface area (Å²) < 4.78 is 14.4. The van der Waals surface area contributed by atoms with Gasteiger partial charge in [0.2, 0.25) is 0 Å². The third-order valence-electron chi connectivity index (χ3n) is 6.04. The summed E-state index contributed by atoms with van der Waals surface area (Å²) in [6.45, 7) is 2.25. The minimum atomic E-state index is -0.518. The number of hydrogen-bond acceptors (Lipinski definition) is 3. The Morgan fingerprint density at radius 2 is 1.76 bits per heavy atom. The fraction of sp³-hybridized carbons (Fsp3) is 0.609. The Kier molecular flexibility index (Phi) is 7.40. The predicted octanol–water partition coefficient (Wildman–Crippen LogP) is 5.65. The summed E-state index contributed by atoms with van der Waals surface area (Å²) in [5.41, 5.74) is 6.72. The van der Waals surface area contributed by atoms with E-state index in [1.807, 2.05) is 12.1 Å². The Balaban J connectivity index is 1.50. The first-order chi connectivity index (χ1) is 14.1. The molecule has 0 atom stereocenters. The van der Waals surface area contributed by atoms with Crippen LogP contribution in [-0.4, -0.2) is 21.0 Å². The molecule has 3 rings (SSSR count). The highest BCUT2D eigenvalue weighted by molar-refractivity contribution is 5.91. The Labute approximate surface area is 173 Å². The first kappa shape index (κ1) is 21.5. The van der Waals surface area contributed by atoms with Gasteiger partial charge in [-0.15, -0.1) is 0 Å². The highest BCUT2D eigenvalue weighted by atomic mass is 19.1. The zero-order valence-corrected chi connectivity index (χ0v) is 17.6. The number of hydrogen-bond donors (Lipinski definition) is 3. The average Bonchev–Trinajstić information content (AvgIpc) is 3.39. The molecule has 0 bridgehead atoms. The third kappa shape index (κ3) is 5.43. The van der Waals surface area contributed by atoms with E-state index in [1.165, 1.54) is 57.4 Å². The number of amidine groups is 1. The molecule has 0 unspecified atom stereocenters. The van der Waals surface area contributed by atoms with Gasteiger partial charge in [0.1, 0.15) is 17.5 Å². The number of halogens is 1. The summed E-state index contributed by atoms with van der Waals surface area (Å²) >= 11 is 0. The molecule has 1 heterocycles. The standard InChI is InChI=1S/C23H34FN5/c1-2-3-4-5-6-7-8-9-10-11-17-12-13-19(24)18(16-17)20-27-22(29-28-20)23(14-15-23)21(25)26/h12-13,16H,2-11,14-15H2,1H3,(H3,25,26)(H,27,28,29). The number of rotatable bonds is 13. The van der Waals surface area contributed by atoms with Crippen LogP contribution in [-0.2, 0) is 11.8 Å². The molecule has 5 nitrogen and oxygen atoms in total. The number of aromatic amines is 1. The van der Waals surface area contributed by atoms with Crippen molar-refractivity contribution in [3.63, 3.8) is 0 Å². The maximum absolute atomic E-state index is 14.4. The predicted molar refractivity (Wildman–Crippen MR) is 116 cm³/mol. The molecule has 0 amide bonds. The molecule has 1 aromatic heterocycles. The Morgan fingerprint density at radius 1 is 1.10 bits per heavy atom. The van der Waals surface area contributed by atoms with Crippen molar-refractivity contribution in [2.75, 3.05) is 0 Å². The molecular weight excluding hydrogens is 365 g/mol. The molecule has 1 aromatic carbocycles. The molecular formula is C23H34FN5. The first-order valence-corrected chi connectivity index (χ1v) is 11.1.